The molecule has 5 rings (SSSR count). The van der Waals surface area contributed by atoms with Crippen LogP contribution in [0.15, 0.2) is 24.8 Å². The van der Waals surface area contributed by atoms with Crippen molar-refractivity contribution in [3.63, 3.8) is 0 Å². The Morgan fingerprint density at radius 1 is 0.929 bits per heavy atom. The van der Waals surface area contributed by atoms with Gasteiger partial charge >= 0.3 is 11.9 Å². The molecule has 0 unspecified atom stereocenters. The van der Waals surface area contributed by atoms with Crippen LogP contribution in [0.1, 0.15) is 119 Å². The SMILES string of the molecule is C#CCCC(=O)O[C@H]1CC[C@]2(C)[C@H]3CC[C@@H]4[C@H]5[C@H](C(=C)C)CC[C@]5(C(=O)OCC=C)CC[C@@]4(C)[C@]3(C)CC[C@H]2C1(C)C. The molecule has 0 aromatic rings. The zero-order valence-electron chi connectivity index (χ0n) is 27.4. The molecule has 0 radical (unpaired) electrons. The third-order valence-electron chi connectivity index (χ3n) is 14.5. The van der Waals surface area contributed by atoms with Crippen molar-refractivity contribution in [1.82, 2.24) is 0 Å². The lowest BCUT2D eigenvalue weighted by atomic mass is 9.32. The van der Waals surface area contributed by atoms with Gasteiger partial charge in [-0.2, -0.15) is 0 Å². The first kappa shape index (κ1) is 31.4. The molecule has 0 spiro atoms. The van der Waals surface area contributed by atoms with Gasteiger partial charge in [-0.15, -0.1) is 12.3 Å². The summed E-state index contributed by atoms with van der Waals surface area (Å²) in [6.45, 7) is 23.2. The van der Waals surface area contributed by atoms with E-state index >= 15 is 0 Å². The Balaban J connectivity index is 1.45. The average molecular weight is 577 g/mol. The van der Waals surface area contributed by atoms with Gasteiger partial charge in [0.15, 0.2) is 0 Å². The minimum Gasteiger partial charge on any atom is -0.462 e. The third-order valence-corrected chi connectivity index (χ3v) is 14.5. The van der Waals surface area contributed by atoms with E-state index in [1.807, 2.05) is 0 Å². The van der Waals surface area contributed by atoms with Gasteiger partial charge in [0.2, 0.25) is 0 Å². The highest BCUT2D eigenvalue weighted by molar-refractivity contribution is 5.78. The van der Waals surface area contributed by atoms with Crippen LogP contribution in [0.5, 0.6) is 0 Å². The summed E-state index contributed by atoms with van der Waals surface area (Å²) >= 11 is 0. The molecule has 0 amide bonds. The van der Waals surface area contributed by atoms with Gasteiger partial charge in [-0.1, -0.05) is 59.4 Å². The highest BCUT2D eigenvalue weighted by Gasteiger charge is 2.72. The molecule has 5 saturated carbocycles. The maximum Gasteiger partial charge on any atom is 0.312 e. The first-order valence-electron chi connectivity index (χ1n) is 16.8. The van der Waals surface area contributed by atoms with Gasteiger partial charge < -0.3 is 9.47 Å². The minimum absolute atomic E-state index is 0.0120. The summed E-state index contributed by atoms with van der Waals surface area (Å²) < 4.78 is 12.0. The molecule has 0 bridgehead atoms. The Kier molecular flexibility index (Phi) is 8.12. The maximum absolute atomic E-state index is 13.8. The predicted molar refractivity (Wildman–Crippen MR) is 168 cm³/mol. The van der Waals surface area contributed by atoms with Crippen molar-refractivity contribution < 1.29 is 19.1 Å². The van der Waals surface area contributed by atoms with Gasteiger partial charge in [-0.3, -0.25) is 9.59 Å². The number of carbonyl (C=O) groups excluding carboxylic acids is 2. The highest BCUT2D eigenvalue weighted by atomic mass is 16.5. The van der Waals surface area contributed by atoms with E-state index < -0.39 is 0 Å². The summed E-state index contributed by atoms with van der Waals surface area (Å²) in [6, 6.07) is 0. The van der Waals surface area contributed by atoms with Gasteiger partial charge in [0.05, 0.1) is 11.8 Å². The molecule has 0 heterocycles. The van der Waals surface area contributed by atoms with Crippen LogP contribution in [-0.4, -0.2) is 24.6 Å². The molecule has 10 atom stereocenters. The summed E-state index contributed by atoms with van der Waals surface area (Å²) in [7, 11) is 0. The summed E-state index contributed by atoms with van der Waals surface area (Å²) in [4.78, 5) is 26.4. The van der Waals surface area contributed by atoms with Crippen LogP contribution < -0.4 is 0 Å². The third kappa shape index (κ3) is 4.37. The van der Waals surface area contributed by atoms with Crippen molar-refractivity contribution in [2.45, 2.75) is 125 Å². The van der Waals surface area contributed by atoms with Crippen molar-refractivity contribution in [3.05, 3.63) is 24.8 Å². The van der Waals surface area contributed by atoms with E-state index in [9.17, 15) is 9.59 Å². The van der Waals surface area contributed by atoms with Crippen molar-refractivity contribution in [1.29, 1.82) is 0 Å². The first-order valence-corrected chi connectivity index (χ1v) is 16.8. The van der Waals surface area contributed by atoms with Gasteiger partial charge in [-0.25, -0.2) is 0 Å². The van der Waals surface area contributed by atoms with E-state index in [-0.39, 0.29) is 45.1 Å². The van der Waals surface area contributed by atoms with Crippen molar-refractivity contribution in [2.75, 3.05) is 6.61 Å². The molecule has 0 aromatic heterocycles. The fourth-order valence-electron chi connectivity index (χ4n) is 12.4. The minimum atomic E-state index is -0.384. The predicted octanol–water partition coefficient (Wildman–Crippen LogP) is 8.70. The van der Waals surface area contributed by atoms with Crippen molar-refractivity contribution >= 4 is 11.9 Å². The zero-order valence-corrected chi connectivity index (χ0v) is 27.4. The number of allylic oxidation sites excluding steroid dienone is 1. The number of fused-ring (bicyclic) bond motifs is 7. The smallest absolute Gasteiger partial charge is 0.312 e. The number of hydrogen-bond acceptors (Lipinski definition) is 4. The van der Waals surface area contributed by atoms with Gasteiger partial charge in [-0.05, 0) is 117 Å². The zero-order chi connectivity index (χ0) is 30.7. The van der Waals surface area contributed by atoms with Crippen molar-refractivity contribution in [2.24, 2.45) is 56.7 Å². The lowest BCUT2D eigenvalue weighted by Gasteiger charge is -2.72. The number of ether oxygens (including phenoxy) is 2. The summed E-state index contributed by atoms with van der Waals surface area (Å²) in [5.41, 5.74) is 1.34. The summed E-state index contributed by atoms with van der Waals surface area (Å²) in [6.07, 6.45) is 18.6. The van der Waals surface area contributed by atoms with Crippen molar-refractivity contribution in [3.8, 4) is 12.3 Å². The second-order valence-corrected chi connectivity index (χ2v) is 16.3. The van der Waals surface area contributed by atoms with E-state index in [0.717, 1.165) is 44.9 Å². The second kappa shape index (κ2) is 10.9. The monoisotopic (exact) mass is 576 g/mol. The van der Waals surface area contributed by atoms with Gasteiger partial charge in [0.25, 0.3) is 0 Å². The number of carbonyl (C=O) groups is 2. The molecule has 0 saturated heterocycles. The number of hydrogen-bond donors (Lipinski definition) is 0. The highest BCUT2D eigenvalue weighted by Crippen LogP contribution is 2.77. The van der Waals surface area contributed by atoms with E-state index in [2.05, 4.69) is 60.6 Å². The fraction of sp³-hybridized carbons (Fsp3) is 0.789. The van der Waals surface area contributed by atoms with Crippen LogP contribution in [0.4, 0.5) is 0 Å². The van der Waals surface area contributed by atoms with Gasteiger partial charge in [0.1, 0.15) is 12.7 Å². The molecule has 5 fully saturated rings. The molecule has 0 aromatic carbocycles. The number of esters is 2. The van der Waals surface area contributed by atoms with E-state index in [1.54, 1.807) is 6.08 Å². The quantitative estimate of drug-likeness (QED) is 0.173. The summed E-state index contributed by atoms with van der Waals surface area (Å²) in [5.74, 6) is 4.75. The van der Waals surface area contributed by atoms with E-state index in [1.165, 1.54) is 24.8 Å². The Morgan fingerprint density at radius 3 is 2.33 bits per heavy atom. The van der Waals surface area contributed by atoms with E-state index in [0.29, 0.717) is 49.0 Å². The van der Waals surface area contributed by atoms with E-state index in [4.69, 9.17) is 15.9 Å². The Labute approximate surface area is 255 Å². The standard InChI is InChI=1S/C38H56O4/c1-10-12-13-31(39)42-30-18-19-35(7)28(34(30,5)6)17-20-37(9)29(35)15-14-27-32-26(25(3)4)16-21-38(32,23-22-36(27,37)8)33(40)41-24-11-2/h1,11,26-30,32H,2-3,12-24H2,4-9H3/t26-,27+,28-,29+,30-,32+,35-,36+,37+,38-/m0/s1. The normalized spacial score (nSPS) is 45.2. The molecule has 5 aliphatic carbocycles. The Hall–Kier alpha value is -2.02. The molecule has 0 N–H and O–H groups in total. The Bertz CT molecular complexity index is 1160. The fourth-order valence-corrected chi connectivity index (χ4v) is 12.4. The van der Waals surface area contributed by atoms with Gasteiger partial charge in [0, 0.05) is 11.8 Å². The van der Waals surface area contributed by atoms with Crippen LogP contribution >= 0.6 is 0 Å². The topological polar surface area (TPSA) is 52.6 Å². The van der Waals surface area contributed by atoms with Crippen LogP contribution in [0, 0.1) is 69.0 Å². The largest absolute Gasteiger partial charge is 0.462 e. The molecular formula is C38H56O4. The number of rotatable bonds is 7. The molecular weight excluding hydrogens is 520 g/mol. The second-order valence-electron chi connectivity index (χ2n) is 16.3. The number of terminal acetylenes is 1. The van der Waals surface area contributed by atoms with Crippen LogP contribution in [0.2, 0.25) is 0 Å². The molecule has 42 heavy (non-hydrogen) atoms. The molecule has 5 aliphatic rings. The van der Waals surface area contributed by atoms with Crippen LogP contribution in [0.25, 0.3) is 0 Å². The molecule has 4 heteroatoms. The van der Waals surface area contributed by atoms with Crippen LogP contribution in [0.3, 0.4) is 0 Å². The molecule has 0 aliphatic heterocycles. The lowest BCUT2D eigenvalue weighted by Crippen LogP contribution is -2.67. The average Bonchev–Trinajstić information content (AvgIpc) is 3.34. The Morgan fingerprint density at radius 2 is 1.67 bits per heavy atom. The van der Waals surface area contributed by atoms with Crippen LogP contribution in [-0.2, 0) is 19.1 Å². The maximum atomic E-state index is 13.8. The molecule has 232 valence electrons. The first-order chi connectivity index (χ1) is 19.7. The molecule has 4 nitrogen and oxygen atoms in total. The summed E-state index contributed by atoms with van der Waals surface area (Å²) in [5, 5.41) is 0. The lowest BCUT2D eigenvalue weighted by molar-refractivity contribution is -0.250.